The molecule has 1 aliphatic heterocycles. The van der Waals surface area contributed by atoms with Gasteiger partial charge in [0.2, 0.25) is 0 Å². The molecule has 0 saturated carbocycles. The number of Topliss-reactive ketones (excluding diaryl/α,β-unsaturated/α-hetero) is 1. The Balaban J connectivity index is 1.81. The Hall–Kier alpha value is -1.82. The van der Waals surface area contributed by atoms with E-state index in [2.05, 4.69) is 0 Å². The molecule has 138 valence electrons. The van der Waals surface area contributed by atoms with Crippen LogP contribution in [0.25, 0.3) is 0 Å². The van der Waals surface area contributed by atoms with E-state index in [0.717, 1.165) is 18.4 Å². The molecule has 0 unspecified atom stereocenters. The minimum atomic E-state index is -0.502. The van der Waals surface area contributed by atoms with Crippen molar-refractivity contribution < 1.29 is 14.7 Å². The summed E-state index contributed by atoms with van der Waals surface area (Å²) in [6.07, 6.45) is 2.32. The number of nitrogens with zero attached hydrogens (tertiary/aromatic N) is 2. The predicted molar refractivity (Wildman–Crippen MR) is 101 cm³/mol. The Morgan fingerprint density at radius 3 is 2.54 bits per heavy atom. The third-order valence-electron chi connectivity index (χ3n) is 4.82. The van der Waals surface area contributed by atoms with Crippen molar-refractivity contribution >= 4 is 34.9 Å². The van der Waals surface area contributed by atoms with Crippen molar-refractivity contribution in [3.8, 4) is 0 Å². The summed E-state index contributed by atoms with van der Waals surface area (Å²) in [5.74, 6) is -0.400. The Bertz CT molecular complexity index is 861. The molecule has 0 bridgehead atoms. The van der Waals surface area contributed by atoms with E-state index < -0.39 is 6.61 Å². The quantitative estimate of drug-likeness (QED) is 0.813. The van der Waals surface area contributed by atoms with Crippen LogP contribution in [0.2, 0.25) is 10.2 Å². The first kappa shape index (κ1) is 19.0. The highest BCUT2D eigenvalue weighted by Crippen LogP contribution is 2.26. The van der Waals surface area contributed by atoms with E-state index in [0.29, 0.717) is 40.9 Å². The fourth-order valence-corrected chi connectivity index (χ4v) is 3.68. The molecule has 5 nitrogen and oxygen atoms in total. The van der Waals surface area contributed by atoms with Crippen molar-refractivity contribution in [2.75, 3.05) is 19.7 Å². The number of carbonyl (C=O) groups excluding carboxylic acids is 2. The monoisotopic (exact) mass is 394 g/mol. The zero-order valence-corrected chi connectivity index (χ0v) is 16.0. The van der Waals surface area contributed by atoms with Crippen LogP contribution in [0.5, 0.6) is 0 Å². The highest BCUT2D eigenvalue weighted by molar-refractivity contribution is 6.41. The molecule has 3 rings (SSSR count). The van der Waals surface area contributed by atoms with Crippen LogP contribution in [0.3, 0.4) is 0 Å². The Morgan fingerprint density at radius 2 is 1.88 bits per heavy atom. The zero-order valence-electron chi connectivity index (χ0n) is 14.5. The van der Waals surface area contributed by atoms with Gasteiger partial charge in [-0.1, -0.05) is 35.3 Å². The summed E-state index contributed by atoms with van der Waals surface area (Å²) < 4.78 is 1.59. The molecular weight excluding hydrogens is 375 g/mol. The number of amides is 1. The third-order valence-corrected chi connectivity index (χ3v) is 5.66. The van der Waals surface area contributed by atoms with Gasteiger partial charge in [0.05, 0.1) is 5.02 Å². The number of halogens is 2. The molecule has 0 aliphatic carbocycles. The number of aliphatic hydroxyl groups excluding tert-OH is 1. The van der Waals surface area contributed by atoms with Crippen molar-refractivity contribution in [3.63, 3.8) is 0 Å². The molecule has 1 aromatic heterocycles. The molecule has 1 aliphatic rings. The molecular formula is C19H20Cl2N2O3. The van der Waals surface area contributed by atoms with Gasteiger partial charge in [-0.05, 0) is 42.5 Å². The second-order valence-corrected chi connectivity index (χ2v) is 7.20. The SMILES string of the molecule is Cn1c(C(=O)N2CCCc3ccc(C(=O)CO)cc3CC2)cc(Cl)c1Cl. The summed E-state index contributed by atoms with van der Waals surface area (Å²) in [6.45, 7) is 0.692. The van der Waals surface area contributed by atoms with Gasteiger partial charge in [0, 0.05) is 25.7 Å². The molecule has 2 heterocycles. The lowest BCUT2D eigenvalue weighted by Gasteiger charge is -2.26. The molecule has 1 aromatic carbocycles. The van der Waals surface area contributed by atoms with E-state index in [4.69, 9.17) is 28.3 Å². The molecule has 7 heteroatoms. The largest absolute Gasteiger partial charge is 0.388 e. The van der Waals surface area contributed by atoms with Crippen molar-refractivity contribution in [2.45, 2.75) is 19.3 Å². The maximum atomic E-state index is 12.9. The van der Waals surface area contributed by atoms with E-state index >= 15 is 0 Å². The van der Waals surface area contributed by atoms with Crippen LogP contribution in [-0.2, 0) is 19.9 Å². The van der Waals surface area contributed by atoms with Crippen molar-refractivity contribution in [1.82, 2.24) is 9.47 Å². The molecule has 0 fully saturated rings. The summed E-state index contributed by atoms with van der Waals surface area (Å²) in [6, 6.07) is 7.14. The van der Waals surface area contributed by atoms with Crippen LogP contribution in [0, 0.1) is 0 Å². The summed E-state index contributed by atoms with van der Waals surface area (Å²) in [7, 11) is 1.72. The second-order valence-electron chi connectivity index (χ2n) is 6.44. The average molecular weight is 395 g/mol. The van der Waals surface area contributed by atoms with E-state index in [1.54, 1.807) is 28.6 Å². The van der Waals surface area contributed by atoms with Gasteiger partial charge in [-0.15, -0.1) is 0 Å². The van der Waals surface area contributed by atoms with Crippen molar-refractivity contribution in [2.24, 2.45) is 7.05 Å². The van der Waals surface area contributed by atoms with Gasteiger partial charge in [0.15, 0.2) is 5.78 Å². The number of ketones is 1. The van der Waals surface area contributed by atoms with E-state index in [-0.39, 0.29) is 11.7 Å². The van der Waals surface area contributed by atoms with Gasteiger partial charge < -0.3 is 14.6 Å². The first-order valence-corrected chi connectivity index (χ1v) is 9.23. The van der Waals surface area contributed by atoms with Crippen LogP contribution in [0.1, 0.15) is 38.4 Å². The number of carbonyl (C=O) groups is 2. The number of aryl methyl sites for hydroxylation is 1. The number of benzene rings is 1. The molecule has 2 aromatic rings. The molecule has 0 saturated heterocycles. The maximum absolute atomic E-state index is 12.9. The summed E-state index contributed by atoms with van der Waals surface area (Å²) in [5, 5.41) is 9.77. The van der Waals surface area contributed by atoms with Crippen LogP contribution < -0.4 is 0 Å². The first-order valence-electron chi connectivity index (χ1n) is 8.48. The molecule has 0 atom stereocenters. The Labute approximate surface area is 162 Å². The molecule has 0 radical (unpaired) electrons. The second kappa shape index (κ2) is 7.82. The minimum absolute atomic E-state index is 0.104. The van der Waals surface area contributed by atoms with Crippen LogP contribution in [0.15, 0.2) is 24.3 Å². The number of aliphatic hydroxyl groups is 1. The first-order chi connectivity index (χ1) is 12.4. The minimum Gasteiger partial charge on any atom is -0.388 e. The van der Waals surface area contributed by atoms with Gasteiger partial charge in [0.1, 0.15) is 17.5 Å². The molecule has 26 heavy (non-hydrogen) atoms. The molecule has 1 N–H and O–H groups in total. The number of hydrogen-bond donors (Lipinski definition) is 1. The highest BCUT2D eigenvalue weighted by atomic mass is 35.5. The third kappa shape index (κ3) is 3.65. The summed E-state index contributed by atoms with van der Waals surface area (Å²) in [4.78, 5) is 26.4. The lowest BCUT2D eigenvalue weighted by Crippen LogP contribution is -2.36. The summed E-state index contributed by atoms with van der Waals surface area (Å²) >= 11 is 12.1. The van der Waals surface area contributed by atoms with Gasteiger partial charge in [-0.3, -0.25) is 9.59 Å². The van der Waals surface area contributed by atoms with Gasteiger partial charge in [-0.2, -0.15) is 0 Å². The number of hydrogen-bond acceptors (Lipinski definition) is 3. The number of rotatable bonds is 3. The fourth-order valence-electron chi connectivity index (χ4n) is 3.31. The normalized spacial score (nSPS) is 14.5. The lowest BCUT2D eigenvalue weighted by atomic mass is 9.95. The zero-order chi connectivity index (χ0) is 18.8. The predicted octanol–water partition coefficient (Wildman–Crippen LogP) is 3.14. The van der Waals surface area contributed by atoms with Crippen LogP contribution >= 0.6 is 23.2 Å². The standard InChI is InChI=1S/C19H20Cl2N2O3/c1-22-16(10-15(20)18(22)21)19(26)23-7-2-3-12-4-5-14(17(25)11-24)9-13(12)6-8-23/h4-5,9-10,24H,2-3,6-8,11H2,1H3. The number of fused-ring (bicyclic) bond motifs is 1. The average Bonchev–Trinajstić information content (AvgIpc) is 2.88. The fraction of sp³-hybridized carbons (Fsp3) is 0.368. The van der Waals surface area contributed by atoms with E-state index in [1.807, 2.05) is 12.1 Å². The van der Waals surface area contributed by atoms with E-state index in [9.17, 15) is 9.59 Å². The topological polar surface area (TPSA) is 62.5 Å². The molecule has 1 amide bonds. The van der Waals surface area contributed by atoms with Gasteiger partial charge in [-0.25, -0.2) is 0 Å². The highest BCUT2D eigenvalue weighted by Gasteiger charge is 2.23. The lowest BCUT2D eigenvalue weighted by molar-refractivity contribution is 0.0743. The van der Waals surface area contributed by atoms with Gasteiger partial charge >= 0.3 is 0 Å². The number of aromatic nitrogens is 1. The van der Waals surface area contributed by atoms with Crippen LogP contribution in [0.4, 0.5) is 0 Å². The Morgan fingerprint density at radius 1 is 1.12 bits per heavy atom. The smallest absolute Gasteiger partial charge is 0.270 e. The van der Waals surface area contributed by atoms with Crippen molar-refractivity contribution in [3.05, 3.63) is 56.8 Å². The van der Waals surface area contributed by atoms with Crippen molar-refractivity contribution in [1.29, 1.82) is 0 Å². The summed E-state index contributed by atoms with van der Waals surface area (Å²) in [5.41, 5.74) is 3.21. The van der Waals surface area contributed by atoms with E-state index in [1.165, 1.54) is 5.56 Å². The Kier molecular flexibility index (Phi) is 5.70. The maximum Gasteiger partial charge on any atom is 0.270 e. The van der Waals surface area contributed by atoms with Gasteiger partial charge in [0.25, 0.3) is 5.91 Å². The molecule has 0 spiro atoms. The van der Waals surface area contributed by atoms with Crippen LogP contribution in [-0.4, -0.2) is 46.0 Å².